The number of pyridine rings is 1. The summed E-state index contributed by atoms with van der Waals surface area (Å²) in [7, 11) is 0. The molecule has 19 heavy (non-hydrogen) atoms. The third-order valence-corrected chi connectivity index (χ3v) is 3.48. The van der Waals surface area contributed by atoms with Gasteiger partial charge in [0.25, 0.3) is 0 Å². The van der Waals surface area contributed by atoms with Crippen LogP contribution in [0.1, 0.15) is 19.0 Å². The van der Waals surface area contributed by atoms with Crippen molar-refractivity contribution in [1.29, 1.82) is 0 Å². The largest absolute Gasteiger partial charge is 0.480 e. The third-order valence-electron chi connectivity index (χ3n) is 2.25. The summed E-state index contributed by atoms with van der Waals surface area (Å²) in [6.45, 7) is 1.30. The number of thioether (sulfide) groups is 1. The highest BCUT2D eigenvalue weighted by Gasteiger charge is 2.17. The molecule has 0 spiro atoms. The molecule has 0 saturated heterocycles. The second-order valence-electron chi connectivity index (χ2n) is 3.88. The summed E-state index contributed by atoms with van der Waals surface area (Å²) >= 11 is 7.31. The van der Waals surface area contributed by atoms with Gasteiger partial charge in [-0.25, -0.2) is 9.78 Å². The van der Waals surface area contributed by atoms with Crippen LogP contribution in [0, 0.1) is 0 Å². The van der Waals surface area contributed by atoms with Crippen LogP contribution >= 0.6 is 23.4 Å². The molecule has 1 rings (SSSR count). The molecule has 1 aromatic rings. The summed E-state index contributed by atoms with van der Waals surface area (Å²) in [6, 6.07) is 4.55. The Kier molecular flexibility index (Phi) is 6.66. The first-order valence-electron chi connectivity index (χ1n) is 5.68. The van der Waals surface area contributed by atoms with Crippen molar-refractivity contribution in [3.05, 3.63) is 29.0 Å². The molecule has 0 bridgehead atoms. The van der Waals surface area contributed by atoms with Crippen LogP contribution < -0.4 is 5.32 Å². The molecule has 0 aromatic carbocycles. The third kappa shape index (κ3) is 6.45. The molecule has 104 valence electrons. The van der Waals surface area contributed by atoms with Crippen molar-refractivity contribution in [2.24, 2.45) is 0 Å². The summed E-state index contributed by atoms with van der Waals surface area (Å²) in [5.41, 5.74) is 0.851. The first kappa shape index (κ1) is 15.8. The summed E-state index contributed by atoms with van der Waals surface area (Å²) < 4.78 is 0. The van der Waals surface area contributed by atoms with E-state index in [1.54, 1.807) is 17.8 Å². The minimum Gasteiger partial charge on any atom is -0.480 e. The Balaban J connectivity index is 2.32. The van der Waals surface area contributed by atoms with E-state index in [1.807, 2.05) is 12.1 Å². The van der Waals surface area contributed by atoms with Gasteiger partial charge >= 0.3 is 5.97 Å². The van der Waals surface area contributed by atoms with Crippen molar-refractivity contribution >= 4 is 35.2 Å². The van der Waals surface area contributed by atoms with E-state index in [4.69, 9.17) is 16.7 Å². The van der Waals surface area contributed by atoms with Crippen molar-refractivity contribution in [2.75, 3.05) is 5.75 Å². The number of nitrogens with one attached hydrogen (secondary N) is 1. The minimum atomic E-state index is -1.02. The van der Waals surface area contributed by atoms with Crippen LogP contribution in [0.3, 0.4) is 0 Å². The van der Waals surface area contributed by atoms with E-state index in [0.29, 0.717) is 23.1 Å². The number of nitrogens with zero attached hydrogens (tertiary/aromatic N) is 1. The highest BCUT2D eigenvalue weighted by atomic mass is 35.5. The number of hydrogen-bond acceptors (Lipinski definition) is 4. The second-order valence-corrected chi connectivity index (χ2v) is 5.38. The van der Waals surface area contributed by atoms with E-state index in [1.165, 1.54) is 6.92 Å². The van der Waals surface area contributed by atoms with Crippen molar-refractivity contribution in [3.63, 3.8) is 0 Å². The summed E-state index contributed by atoms with van der Waals surface area (Å²) in [5, 5.41) is 11.8. The predicted octanol–water partition coefficient (Wildman–Crippen LogP) is 1.95. The van der Waals surface area contributed by atoms with E-state index in [9.17, 15) is 9.59 Å². The molecule has 2 N–H and O–H groups in total. The molecule has 5 nitrogen and oxygen atoms in total. The number of rotatable bonds is 7. The fourth-order valence-corrected chi connectivity index (χ4v) is 2.51. The maximum atomic E-state index is 10.9. The van der Waals surface area contributed by atoms with Crippen molar-refractivity contribution in [2.45, 2.75) is 25.1 Å². The first-order chi connectivity index (χ1) is 8.99. The molecule has 0 fully saturated rings. The maximum absolute atomic E-state index is 10.9. The van der Waals surface area contributed by atoms with Gasteiger partial charge in [-0.2, -0.15) is 11.8 Å². The van der Waals surface area contributed by atoms with Crippen LogP contribution in [0.15, 0.2) is 18.2 Å². The van der Waals surface area contributed by atoms with Gasteiger partial charge in [0.1, 0.15) is 11.2 Å². The molecule has 1 heterocycles. The Morgan fingerprint density at radius 2 is 2.26 bits per heavy atom. The second kappa shape index (κ2) is 8.01. The average Bonchev–Trinajstić information content (AvgIpc) is 2.32. The Labute approximate surface area is 120 Å². The number of amides is 1. The SMILES string of the molecule is CC(=O)NC(CCSCc1cccc(Cl)n1)C(=O)O. The molecule has 1 amide bonds. The molecule has 1 unspecified atom stereocenters. The number of aliphatic carboxylic acids is 1. The lowest BCUT2D eigenvalue weighted by atomic mass is 10.2. The monoisotopic (exact) mass is 302 g/mol. The zero-order valence-corrected chi connectivity index (χ0v) is 12.0. The van der Waals surface area contributed by atoms with Crippen LogP contribution in [-0.2, 0) is 15.3 Å². The predicted molar refractivity (Wildman–Crippen MR) is 75.3 cm³/mol. The number of carboxylic acid groups (broad SMARTS) is 1. The highest BCUT2D eigenvalue weighted by Crippen LogP contribution is 2.14. The van der Waals surface area contributed by atoms with Gasteiger partial charge in [-0.1, -0.05) is 17.7 Å². The number of hydrogen-bond donors (Lipinski definition) is 2. The van der Waals surface area contributed by atoms with Gasteiger partial charge in [0.2, 0.25) is 5.91 Å². The van der Waals surface area contributed by atoms with Crippen LogP contribution in [0.25, 0.3) is 0 Å². The zero-order valence-electron chi connectivity index (χ0n) is 10.4. The smallest absolute Gasteiger partial charge is 0.326 e. The molecule has 1 aromatic heterocycles. The molecule has 0 aliphatic carbocycles. The van der Waals surface area contributed by atoms with Gasteiger partial charge in [-0.3, -0.25) is 4.79 Å². The van der Waals surface area contributed by atoms with Crippen LogP contribution in [0.5, 0.6) is 0 Å². The first-order valence-corrected chi connectivity index (χ1v) is 7.21. The van der Waals surface area contributed by atoms with Gasteiger partial charge in [0, 0.05) is 12.7 Å². The molecule has 0 radical (unpaired) electrons. The molecule has 0 saturated carbocycles. The molecule has 0 aliphatic heterocycles. The number of carbonyl (C=O) groups is 2. The number of carboxylic acids is 1. The van der Waals surface area contributed by atoms with Crippen molar-refractivity contribution in [1.82, 2.24) is 10.3 Å². The molecule has 7 heteroatoms. The van der Waals surface area contributed by atoms with Gasteiger partial charge in [-0.05, 0) is 24.3 Å². The summed E-state index contributed by atoms with van der Waals surface area (Å²) in [4.78, 5) is 25.9. The van der Waals surface area contributed by atoms with Crippen LogP contribution in [-0.4, -0.2) is 33.8 Å². The average molecular weight is 303 g/mol. The molecule has 0 aliphatic rings. The summed E-state index contributed by atoms with van der Waals surface area (Å²) in [6.07, 6.45) is 0.375. The Bertz CT molecular complexity index is 456. The van der Waals surface area contributed by atoms with Gasteiger partial charge in [0.05, 0.1) is 5.69 Å². The number of aromatic nitrogens is 1. The standard InChI is InChI=1S/C12H15ClN2O3S/c1-8(16)14-10(12(17)18)5-6-19-7-9-3-2-4-11(13)15-9/h2-4,10H,5-7H2,1H3,(H,14,16)(H,17,18). The van der Waals surface area contributed by atoms with E-state index >= 15 is 0 Å². The molecular formula is C12H15ClN2O3S. The van der Waals surface area contributed by atoms with Crippen LogP contribution in [0.2, 0.25) is 5.15 Å². The fraction of sp³-hybridized carbons (Fsp3) is 0.417. The lowest BCUT2D eigenvalue weighted by Gasteiger charge is -2.12. The normalized spacial score (nSPS) is 11.9. The zero-order chi connectivity index (χ0) is 14.3. The van der Waals surface area contributed by atoms with E-state index in [2.05, 4.69) is 10.3 Å². The fourth-order valence-electron chi connectivity index (χ4n) is 1.41. The Morgan fingerprint density at radius 3 is 2.84 bits per heavy atom. The van der Waals surface area contributed by atoms with E-state index < -0.39 is 12.0 Å². The van der Waals surface area contributed by atoms with Crippen molar-refractivity contribution < 1.29 is 14.7 Å². The Morgan fingerprint density at radius 1 is 1.53 bits per heavy atom. The maximum Gasteiger partial charge on any atom is 0.326 e. The lowest BCUT2D eigenvalue weighted by Crippen LogP contribution is -2.39. The number of carbonyl (C=O) groups excluding carboxylic acids is 1. The van der Waals surface area contributed by atoms with Gasteiger partial charge in [-0.15, -0.1) is 0 Å². The van der Waals surface area contributed by atoms with E-state index in [-0.39, 0.29) is 5.91 Å². The minimum absolute atomic E-state index is 0.339. The van der Waals surface area contributed by atoms with Gasteiger partial charge < -0.3 is 10.4 Å². The van der Waals surface area contributed by atoms with E-state index in [0.717, 1.165) is 5.69 Å². The molecule has 1 atom stereocenters. The molecular weight excluding hydrogens is 288 g/mol. The quantitative estimate of drug-likeness (QED) is 0.594. The van der Waals surface area contributed by atoms with Gasteiger partial charge in [0.15, 0.2) is 0 Å². The highest BCUT2D eigenvalue weighted by molar-refractivity contribution is 7.98. The topological polar surface area (TPSA) is 79.3 Å². The number of halogens is 1. The van der Waals surface area contributed by atoms with Crippen molar-refractivity contribution in [3.8, 4) is 0 Å². The van der Waals surface area contributed by atoms with Crippen LogP contribution in [0.4, 0.5) is 0 Å². The lowest BCUT2D eigenvalue weighted by molar-refractivity contribution is -0.141. The Hall–Kier alpha value is -1.27. The summed E-state index contributed by atoms with van der Waals surface area (Å²) in [5.74, 6) is -0.0797.